The van der Waals surface area contributed by atoms with E-state index in [9.17, 15) is 19.2 Å². The summed E-state index contributed by atoms with van der Waals surface area (Å²) in [5.41, 5.74) is 1.60. The average molecular weight is 407 g/mol. The standard InChI is InChI=1S/C22H21N3O5/c1-2-30-23(11-13-24-19(26)15-7-3-4-8-16(15)20(24)27)12-14-25-21(28)17-9-5-6-10-18(17)22(25)29/h3-10H,2,11-14H2,1H3. The molecule has 30 heavy (non-hydrogen) atoms. The van der Waals surface area contributed by atoms with E-state index in [1.165, 1.54) is 9.80 Å². The van der Waals surface area contributed by atoms with Gasteiger partial charge in [0.2, 0.25) is 0 Å². The summed E-state index contributed by atoms with van der Waals surface area (Å²) in [5.74, 6) is -1.31. The number of amides is 4. The number of carbonyl (C=O) groups is 4. The van der Waals surface area contributed by atoms with E-state index in [1.807, 2.05) is 6.92 Å². The van der Waals surface area contributed by atoms with Gasteiger partial charge in [-0.1, -0.05) is 24.3 Å². The molecule has 4 rings (SSSR count). The molecule has 0 spiro atoms. The predicted molar refractivity (Wildman–Crippen MR) is 107 cm³/mol. The van der Waals surface area contributed by atoms with Gasteiger partial charge in [0.15, 0.2) is 0 Å². The number of benzene rings is 2. The highest BCUT2D eigenvalue weighted by atomic mass is 16.7. The highest BCUT2D eigenvalue weighted by molar-refractivity contribution is 6.22. The minimum Gasteiger partial charge on any atom is -0.299 e. The summed E-state index contributed by atoms with van der Waals surface area (Å²) in [7, 11) is 0. The maximum Gasteiger partial charge on any atom is 0.261 e. The number of hydrogen-bond acceptors (Lipinski definition) is 6. The van der Waals surface area contributed by atoms with Crippen molar-refractivity contribution in [2.45, 2.75) is 6.92 Å². The van der Waals surface area contributed by atoms with E-state index in [4.69, 9.17) is 4.84 Å². The molecular weight excluding hydrogens is 386 g/mol. The highest BCUT2D eigenvalue weighted by Gasteiger charge is 2.36. The van der Waals surface area contributed by atoms with Crippen LogP contribution in [0.15, 0.2) is 48.5 Å². The van der Waals surface area contributed by atoms with Crippen LogP contribution in [-0.4, -0.2) is 71.3 Å². The Morgan fingerprint density at radius 3 is 1.30 bits per heavy atom. The number of nitrogens with zero attached hydrogens (tertiary/aromatic N) is 3. The van der Waals surface area contributed by atoms with E-state index < -0.39 is 0 Å². The topological polar surface area (TPSA) is 87.2 Å². The molecule has 0 unspecified atom stereocenters. The molecule has 2 aliphatic heterocycles. The second-order valence-corrected chi connectivity index (χ2v) is 6.96. The lowest BCUT2D eigenvalue weighted by Crippen LogP contribution is -2.42. The summed E-state index contributed by atoms with van der Waals surface area (Å²) in [4.78, 5) is 58.0. The van der Waals surface area contributed by atoms with Crippen LogP contribution in [-0.2, 0) is 4.84 Å². The van der Waals surface area contributed by atoms with E-state index in [0.717, 1.165) is 0 Å². The van der Waals surface area contributed by atoms with Gasteiger partial charge in [-0.05, 0) is 31.2 Å². The molecule has 8 heteroatoms. The number of imide groups is 2. The summed E-state index contributed by atoms with van der Waals surface area (Å²) in [6.45, 7) is 3.02. The molecule has 4 amide bonds. The van der Waals surface area contributed by atoms with Crippen LogP contribution in [0, 0.1) is 0 Å². The van der Waals surface area contributed by atoms with Crippen LogP contribution in [0.1, 0.15) is 48.4 Å². The van der Waals surface area contributed by atoms with Crippen LogP contribution < -0.4 is 0 Å². The van der Waals surface area contributed by atoms with Gasteiger partial charge >= 0.3 is 0 Å². The molecule has 8 nitrogen and oxygen atoms in total. The molecule has 2 aliphatic rings. The van der Waals surface area contributed by atoms with Crippen LogP contribution in [0.5, 0.6) is 0 Å². The minimum atomic E-state index is -0.326. The fourth-order valence-corrected chi connectivity index (χ4v) is 3.73. The first-order chi connectivity index (χ1) is 14.5. The number of rotatable bonds is 8. The van der Waals surface area contributed by atoms with Crippen LogP contribution in [0.3, 0.4) is 0 Å². The third-order valence-electron chi connectivity index (χ3n) is 5.21. The van der Waals surface area contributed by atoms with Gasteiger partial charge in [-0.3, -0.25) is 33.8 Å². The Morgan fingerprint density at radius 2 is 1.00 bits per heavy atom. The van der Waals surface area contributed by atoms with E-state index in [0.29, 0.717) is 28.9 Å². The lowest BCUT2D eigenvalue weighted by atomic mass is 10.1. The molecule has 0 aromatic heterocycles. The van der Waals surface area contributed by atoms with Crippen molar-refractivity contribution in [2.24, 2.45) is 0 Å². The highest BCUT2D eigenvalue weighted by Crippen LogP contribution is 2.23. The van der Waals surface area contributed by atoms with Crippen LogP contribution in [0.25, 0.3) is 0 Å². The van der Waals surface area contributed by atoms with Gasteiger partial charge in [0.1, 0.15) is 0 Å². The van der Waals surface area contributed by atoms with Gasteiger partial charge in [-0.15, -0.1) is 0 Å². The first-order valence-electron chi connectivity index (χ1n) is 9.81. The van der Waals surface area contributed by atoms with E-state index in [2.05, 4.69) is 0 Å². The van der Waals surface area contributed by atoms with Gasteiger partial charge in [-0.2, -0.15) is 5.06 Å². The van der Waals surface area contributed by atoms with Gasteiger partial charge in [0, 0.05) is 26.2 Å². The van der Waals surface area contributed by atoms with Gasteiger partial charge in [0.05, 0.1) is 28.9 Å². The minimum absolute atomic E-state index is 0.147. The molecule has 2 aromatic carbocycles. The van der Waals surface area contributed by atoms with Gasteiger partial charge in [0.25, 0.3) is 23.6 Å². The summed E-state index contributed by atoms with van der Waals surface area (Å²) in [6.07, 6.45) is 0. The molecule has 154 valence electrons. The smallest absolute Gasteiger partial charge is 0.261 e. The number of hydrogen-bond donors (Lipinski definition) is 0. The maximum absolute atomic E-state index is 12.5. The van der Waals surface area contributed by atoms with Gasteiger partial charge < -0.3 is 0 Å². The fraction of sp³-hybridized carbons (Fsp3) is 0.273. The molecule has 0 atom stereocenters. The van der Waals surface area contributed by atoms with Crippen molar-refractivity contribution in [3.8, 4) is 0 Å². The second kappa shape index (κ2) is 8.17. The lowest BCUT2D eigenvalue weighted by Gasteiger charge is -2.25. The number of fused-ring (bicyclic) bond motifs is 2. The largest absolute Gasteiger partial charge is 0.299 e. The summed E-state index contributed by atoms with van der Waals surface area (Å²) >= 11 is 0. The van der Waals surface area contributed by atoms with Crippen LogP contribution in [0.4, 0.5) is 0 Å². The third-order valence-corrected chi connectivity index (χ3v) is 5.21. The Morgan fingerprint density at radius 1 is 0.667 bits per heavy atom. The molecule has 2 heterocycles. The van der Waals surface area contributed by atoms with Crippen LogP contribution >= 0.6 is 0 Å². The Labute approximate surface area is 173 Å². The number of carbonyl (C=O) groups excluding carboxylic acids is 4. The molecule has 0 radical (unpaired) electrons. The van der Waals surface area contributed by atoms with Gasteiger partial charge in [-0.25, -0.2) is 0 Å². The predicted octanol–water partition coefficient (Wildman–Crippen LogP) is 1.83. The molecule has 0 bridgehead atoms. The van der Waals surface area contributed by atoms with E-state index in [1.54, 1.807) is 53.6 Å². The van der Waals surface area contributed by atoms with Crippen molar-refractivity contribution < 1.29 is 24.0 Å². The van der Waals surface area contributed by atoms with E-state index >= 15 is 0 Å². The van der Waals surface area contributed by atoms with Crippen molar-refractivity contribution in [1.82, 2.24) is 14.9 Å². The normalized spacial score (nSPS) is 15.4. The molecule has 0 saturated carbocycles. The van der Waals surface area contributed by atoms with Crippen LogP contribution in [0.2, 0.25) is 0 Å². The van der Waals surface area contributed by atoms with Crippen molar-refractivity contribution in [1.29, 1.82) is 0 Å². The fourth-order valence-electron chi connectivity index (χ4n) is 3.73. The molecular formula is C22H21N3O5. The Hall–Kier alpha value is -3.36. The Bertz CT molecular complexity index is 885. The first-order valence-corrected chi connectivity index (χ1v) is 9.81. The van der Waals surface area contributed by atoms with Crippen molar-refractivity contribution in [2.75, 3.05) is 32.8 Å². The first kappa shape index (κ1) is 19.9. The molecule has 0 saturated heterocycles. The maximum atomic E-state index is 12.5. The lowest BCUT2D eigenvalue weighted by molar-refractivity contribution is -0.155. The SMILES string of the molecule is CCON(CCN1C(=O)c2ccccc2C1=O)CCN1C(=O)c2ccccc2C1=O. The Balaban J connectivity index is 1.38. The van der Waals surface area contributed by atoms with Crippen molar-refractivity contribution in [3.63, 3.8) is 0 Å². The summed E-state index contributed by atoms with van der Waals surface area (Å²) in [5, 5.41) is 1.58. The third kappa shape index (κ3) is 3.40. The number of hydroxylamine groups is 2. The molecule has 0 aliphatic carbocycles. The zero-order valence-corrected chi connectivity index (χ0v) is 16.5. The summed E-state index contributed by atoms with van der Waals surface area (Å²) in [6, 6.07) is 13.4. The zero-order chi connectivity index (χ0) is 21.3. The molecule has 0 N–H and O–H groups in total. The summed E-state index contributed by atoms with van der Waals surface area (Å²) < 4.78 is 0. The monoisotopic (exact) mass is 407 g/mol. The van der Waals surface area contributed by atoms with Crippen molar-refractivity contribution in [3.05, 3.63) is 70.8 Å². The second-order valence-electron chi connectivity index (χ2n) is 6.96. The molecule has 0 fully saturated rings. The van der Waals surface area contributed by atoms with E-state index in [-0.39, 0.29) is 49.8 Å². The molecule has 2 aromatic rings. The Kier molecular flexibility index (Phi) is 5.43. The zero-order valence-electron chi connectivity index (χ0n) is 16.5. The quantitative estimate of drug-likeness (QED) is 0.490. The van der Waals surface area contributed by atoms with Crippen molar-refractivity contribution >= 4 is 23.6 Å². The average Bonchev–Trinajstić information content (AvgIpc) is 3.15.